The maximum atomic E-state index is 5.61. The van der Waals surface area contributed by atoms with Crippen LogP contribution in [0.5, 0.6) is 0 Å². The van der Waals surface area contributed by atoms with E-state index in [0.29, 0.717) is 11.9 Å². The Bertz CT molecular complexity index is 289. The SMILES string of the molecule is CC(Cc1nc(N)n(C)n1)C(C)(C)C. The van der Waals surface area contributed by atoms with Crippen molar-refractivity contribution in [2.24, 2.45) is 18.4 Å². The average Bonchev–Trinajstić information content (AvgIpc) is 2.29. The van der Waals surface area contributed by atoms with Gasteiger partial charge in [-0.15, -0.1) is 0 Å². The monoisotopic (exact) mass is 196 g/mol. The fourth-order valence-electron chi connectivity index (χ4n) is 1.12. The Morgan fingerprint density at radius 3 is 2.36 bits per heavy atom. The van der Waals surface area contributed by atoms with Crippen molar-refractivity contribution in [2.75, 3.05) is 5.73 Å². The van der Waals surface area contributed by atoms with Gasteiger partial charge in [-0.2, -0.15) is 10.1 Å². The number of hydrogen-bond acceptors (Lipinski definition) is 3. The molecule has 0 aromatic carbocycles. The van der Waals surface area contributed by atoms with Crippen LogP contribution in [0.15, 0.2) is 0 Å². The van der Waals surface area contributed by atoms with E-state index in [-0.39, 0.29) is 5.41 Å². The minimum Gasteiger partial charge on any atom is -0.368 e. The molecule has 0 radical (unpaired) electrons. The van der Waals surface area contributed by atoms with E-state index in [4.69, 9.17) is 5.73 Å². The van der Waals surface area contributed by atoms with Gasteiger partial charge in [0.1, 0.15) is 0 Å². The zero-order chi connectivity index (χ0) is 10.9. The van der Waals surface area contributed by atoms with Crippen molar-refractivity contribution in [1.82, 2.24) is 14.8 Å². The molecule has 4 heteroatoms. The van der Waals surface area contributed by atoms with Gasteiger partial charge >= 0.3 is 0 Å². The zero-order valence-electron chi connectivity index (χ0n) is 9.70. The molecule has 0 aliphatic rings. The van der Waals surface area contributed by atoms with Gasteiger partial charge in [0.05, 0.1) is 0 Å². The van der Waals surface area contributed by atoms with E-state index in [0.717, 1.165) is 12.2 Å². The zero-order valence-corrected chi connectivity index (χ0v) is 9.70. The predicted molar refractivity (Wildman–Crippen MR) is 57.7 cm³/mol. The quantitative estimate of drug-likeness (QED) is 0.782. The first-order valence-electron chi connectivity index (χ1n) is 4.96. The van der Waals surface area contributed by atoms with Crippen LogP contribution in [0.1, 0.15) is 33.5 Å². The molecule has 0 aliphatic carbocycles. The maximum absolute atomic E-state index is 5.61. The Kier molecular flexibility index (Phi) is 2.83. The van der Waals surface area contributed by atoms with Crippen LogP contribution >= 0.6 is 0 Å². The van der Waals surface area contributed by atoms with Crippen molar-refractivity contribution in [1.29, 1.82) is 0 Å². The second-order valence-corrected chi connectivity index (χ2v) is 4.98. The average molecular weight is 196 g/mol. The molecule has 0 spiro atoms. The number of anilines is 1. The van der Waals surface area contributed by atoms with Crippen LogP contribution in [-0.2, 0) is 13.5 Å². The highest BCUT2D eigenvalue weighted by Gasteiger charge is 2.21. The summed E-state index contributed by atoms with van der Waals surface area (Å²) in [5.41, 5.74) is 5.90. The molecule has 0 saturated heterocycles. The lowest BCUT2D eigenvalue weighted by molar-refractivity contribution is 0.256. The molecule has 0 bridgehead atoms. The molecule has 1 heterocycles. The number of aryl methyl sites for hydroxylation is 1. The maximum Gasteiger partial charge on any atom is 0.218 e. The molecule has 0 fully saturated rings. The highest BCUT2D eigenvalue weighted by atomic mass is 15.4. The molecule has 0 saturated carbocycles. The minimum atomic E-state index is 0.286. The topological polar surface area (TPSA) is 56.7 Å². The number of hydrogen-bond donors (Lipinski definition) is 1. The van der Waals surface area contributed by atoms with Gasteiger partial charge < -0.3 is 5.73 Å². The normalized spacial score (nSPS) is 14.4. The van der Waals surface area contributed by atoms with Crippen LogP contribution in [0.25, 0.3) is 0 Å². The third kappa shape index (κ3) is 2.47. The Labute approximate surface area is 85.5 Å². The summed E-state index contributed by atoms with van der Waals surface area (Å²) >= 11 is 0. The van der Waals surface area contributed by atoms with E-state index < -0.39 is 0 Å². The molecule has 2 N–H and O–H groups in total. The fourth-order valence-corrected chi connectivity index (χ4v) is 1.12. The summed E-state index contributed by atoms with van der Waals surface area (Å²) in [7, 11) is 1.81. The van der Waals surface area contributed by atoms with Crippen LogP contribution < -0.4 is 5.73 Å². The molecule has 0 amide bonds. The molecule has 1 unspecified atom stereocenters. The standard InChI is InChI=1S/C10H20N4/c1-7(10(2,3)4)6-8-12-9(11)14(5)13-8/h7H,6H2,1-5H3,(H2,11,12,13). The summed E-state index contributed by atoms with van der Waals surface area (Å²) in [6.45, 7) is 8.89. The number of aromatic nitrogens is 3. The summed E-state index contributed by atoms with van der Waals surface area (Å²) in [5, 5.41) is 4.24. The smallest absolute Gasteiger partial charge is 0.218 e. The van der Waals surface area contributed by atoms with Crippen molar-refractivity contribution in [3.8, 4) is 0 Å². The number of nitrogens with two attached hydrogens (primary N) is 1. The molecule has 1 aromatic rings. The summed E-state index contributed by atoms with van der Waals surface area (Å²) in [6, 6.07) is 0. The highest BCUT2D eigenvalue weighted by Crippen LogP contribution is 2.27. The van der Waals surface area contributed by atoms with E-state index in [1.54, 1.807) is 4.68 Å². The number of nitrogen functional groups attached to an aromatic ring is 1. The first-order chi connectivity index (χ1) is 6.30. The lowest BCUT2D eigenvalue weighted by Gasteiger charge is -2.25. The van der Waals surface area contributed by atoms with Gasteiger partial charge in [0.15, 0.2) is 5.82 Å². The lowest BCUT2D eigenvalue weighted by Crippen LogP contribution is -2.20. The summed E-state index contributed by atoms with van der Waals surface area (Å²) in [5.74, 6) is 1.87. The first-order valence-corrected chi connectivity index (χ1v) is 4.96. The third-order valence-electron chi connectivity index (χ3n) is 2.81. The molecule has 80 valence electrons. The van der Waals surface area contributed by atoms with Crippen molar-refractivity contribution >= 4 is 5.95 Å². The van der Waals surface area contributed by atoms with E-state index in [1.165, 1.54) is 0 Å². The van der Waals surface area contributed by atoms with E-state index in [2.05, 4.69) is 37.8 Å². The van der Waals surface area contributed by atoms with Gasteiger partial charge in [0.2, 0.25) is 5.95 Å². The fraction of sp³-hybridized carbons (Fsp3) is 0.800. The lowest BCUT2D eigenvalue weighted by atomic mass is 9.80. The largest absolute Gasteiger partial charge is 0.368 e. The highest BCUT2D eigenvalue weighted by molar-refractivity contribution is 5.15. The van der Waals surface area contributed by atoms with Crippen LogP contribution in [0.4, 0.5) is 5.95 Å². The molecule has 14 heavy (non-hydrogen) atoms. The van der Waals surface area contributed by atoms with E-state index in [1.807, 2.05) is 7.05 Å². The molecule has 1 atom stereocenters. The summed E-state index contributed by atoms with van der Waals surface area (Å²) in [4.78, 5) is 4.19. The van der Waals surface area contributed by atoms with Crippen molar-refractivity contribution < 1.29 is 0 Å². The van der Waals surface area contributed by atoms with E-state index in [9.17, 15) is 0 Å². The van der Waals surface area contributed by atoms with Crippen LogP contribution in [0, 0.1) is 11.3 Å². The number of nitrogens with zero attached hydrogens (tertiary/aromatic N) is 3. The predicted octanol–water partition coefficient (Wildman–Crippen LogP) is 1.62. The van der Waals surface area contributed by atoms with Gasteiger partial charge in [-0.3, -0.25) is 0 Å². The molecule has 4 nitrogen and oxygen atoms in total. The van der Waals surface area contributed by atoms with E-state index >= 15 is 0 Å². The van der Waals surface area contributed by atoms with Gasteiger partial charge in [-0.1, -0.05) is 27.7 Å². The Morgan fingerprint density at radius 1 is 1.43 bits per heavy atom. The Morgan fingerprint density at radius 2 is 2.00 bits per heavy atom. The molecular weight excluding hydrogens is 176 g/mol. The molecule has 1 aromatic heterocycles. The van der Waals surface area contributed by atoms with Crippen molar-refractivity contribution in [3.63, 3.8) is 0 Å². The van der Waals surface area contributed by atoms with Crippen LogP contribution in [-0.4, -0.2) is 14.8 Å². The molecule has 1 rings (SSSR count). The van der Waals surface area contributed by atoms with Gasteiger partial charge in [-0.25, -0.2) is 4.68 Å². The van der Waals surface area contributed by atoms with Crippen LogP contribution in [0.3, 0.4) is 0 Å². The number of rotatable bonds is 2. The van der Waals surface area contributed by atoms with Gasteiger partial charge in [-0.05, 0) is 11.3 Å². The molecular formula is C10H20N4. The second kappa shape index (κ2) is 3.59. The summed E-state index contributed by atoms with van der Waals surface area (Å²) < 4.78 is 1.62. The minimum absolute atomic E-state index is 0.286. The third-order valence-corrected chi connectivity index (χ3v) is 2.81. The molecule has 0 aliphatic heterocycles. The van der Waals surface area contributed by atoms with Gasteiger partial charge in [0.25, 0.3) is 0 Å². The first kappa shape index (κ1) is 11.0. The Balaban J connectivity index is 2.70. The van der Waals surface area contributed by atoms with Crippen molar-refractivity contribution in [3.05, 3.63) is 5.82 Å². The summed E-state index contributed by atoms with van der Waals surface area (Å²) in [6.07, 6.45) is 0.883. The Hall–Kier alpha value is -1.06. The van der Waals surface area contributed by atoms with Crippen LogP contribution in [0.2, 0.25) is 0 Å². The second-order valence-electron chi connectivity index (χ2n) is 4.98. The van der Waals surface area contributed by atoms with Crippen molar-refractivity contribution in [2.45, 2.75) is 34.1 Å². The van der Waals surface area contributed by atoms with Gasteiger partial charge in [0, 0.05) is 13.5 Å².